The summed E-state index contributed by atoms with van der Waals surface area (Å²) in [6, 6.07) is 16.3. The molecule has 21 heavy (non-hydrogen) atoms. The van der Waals surface area contributed by atoms with E-state index in [1.54, 1.807) is 24.3 Å². The third-order valence-corrected chi connectivity index (χ3v) is 4.03. The van der Waals surface area contributed by atoms with E-state index in [0.29, 0.717) is 11.4 Å². The van der Waals surface area contributed by atoms with Gasteiger partial charge in [0.2, 0.25) is 0 Å². The van der Waals surface area contributed by atoms with Gasteiger partial charge in [-0.25, -0.2) is 13.3 Å². The summed E-state index contributed by atoms with van der Waals surface area (Å²) in [4.78, 5) is 24.1. The summed E-state index contributed by atoms with van der Waals surface area (Å²) in [5, 5.41) is 0. The first-order valence-corrected chi connectivity index (χ1v) is 7.15. The quantitative estimate of drug-likeness (QED) is 0.748. The van der Waals surface area contributed by atoms with Crippen molar-refractivity contribution in [1.29, 1.82) is 0 Å². The van der Waals surface area contributed by atoms with Gasteiger partial charge < -0.3 is 5.73 Å². The first-order valence-electron chi connectivity index (χ1n) is 6.38. The zero-order valence-electron chi connectivity index (χ0n) is 11.1. The molecule has 0 unspecified atom stereocenters. The van der Waals surface area contributed by atoms with Gasteiger partial charge in [0, 0.05) is 17.2 Å². The molecule has 1 aromatic heterocycles. The molecule has 0 aliphatic rings. The Morgan fingerprint density at radius 2 is 1.62 bits per heavy atom. The number of aromatic nitrogens is 2. The van der Waals surface area contributed by atoms with Crippen LogP contribution in [0.5, 0.6) is 0 Å². The standard InChI is InChI=1S/C15H13N3O2S/c16-12-6-8-13(9-7-12)18-14(19)17(15(20)21-18)10-11-4-2-1-3-5-11/h1-9H,10,16H2. The van der Waals surface area contributed by atoms with E-state index in [1.165, 1.54) is 8.52 Å². The van der Waals surface area contributed by atoms with Crippen LogP contribution in [-0.2, 0) is 6.54 Å². The van der Waals surface area contributed by atoms with Gasteiger partial charge in [0.05, 0.1) is 12.2 Å². The minimum Gasteiger partial charge on any atom is -0.399 e. The lowest BCUT2D eigenvalue weighted by Gasteiger charge is -2.01. The van der Waals surface area contributed by atoms with Gasteiger partial charge in [0.1, 0.15) is 0 Å². The highest BCUT2D eigenvalue weighted by Gasteiger charge is 2.11. The summed E-state index contributed by atoms with van der Waals surface area (Å²) in [7, 11) is 0. The van der Waals surface area contributed by atoms with Gasteiger partial charge >= 0.3 is 10.6 Å². The molecule has 0 aliphatic carbocycles. The number of rotatable bonds is 3. The van der Waals surface area contributed by atoms with Crippen molar-refractivity contribution in [3.8, 4) is 5.69 Å². The lowest BCUT2D eigenvalue weighted by Crippen LogP contribution is -2.28. The number of hydrogen-bond donors (Lipinski definition) is 1. The molecule has 0 amide bonds. The van der Waals surface area contributed by atoms with Crippen molar-refractivity contribution < 1.29 is 0 Å². The van der Waals surface area contributed by atoms with E-state index < -0.39 is 0 Å². The van der Waals surface area contributed by atoms with E-state index in [1.807, 2.05) is 30.3 Å². The maximum atomic E-state index is 12.4. The van der Waals surface area contributed by atoms with Crippen LogP contribution < -0.4 is 16.3 Å². The zero-order chi connectivity index (χ0) is 14.8. The van der Waals surface area contributed by atoms with Gasteiger partial charge in [-0.2, -0.15) is 0 Å². The monoisotopic (exact) mass is 299 g/mol. The van der Waals surface area contributed by atoms with E-state index in [9.17, 15) is 9.59 Å². The largest absolute Gasteiger partial charge is 0.399 e. The van der Waals surface area contributed by atoms with Crippen LogP contribution in [0.3, 0.4) is 0 Å². The molecule has 3 rings (SSSR count). The highest BCUT2D eigenvalue weighted by atomic mass is 32.1. The smallest absolute Gasteiger partial charge is 0.346 e. The van der Waals surface area contributed by atoms with Crippen LogP contribution in [0, 0.1) is 0 Å². The van der Waals surface area contributed by atoms with Crippen molar-refractivity contribution in [2.24, 2.45) is 0 Å². The Morgan fingerprint density at radius 1 is 0.952 bits per heavy atom. The molecule has 0 fully saturated rings. The number of nitrogens with zero attached hydrogens (tertiary/aromatic N) is 2. The molecule has 0 spiro atoms. The minimum absolute atomic E-state index is 0.275. The number of benzene rings is 2. The summed E-state index contributed by atoms with van der Waals surface area (Å²) in [5.41, 5.74) is 7.47. The first kappa shape index (κ1) is 13.4. The van der Waals surface area contributed by atoms with E-state index in [-0.39, 0.29) is 17.1 Å². The normalized spacial score (nSPS) is 10.7. The average Bonchev–Trinajstić information content (AvgIpc) is 2.77. The maximum absolute atomic E-state index is 12.4. The van der Waals surface area contributed by atoms with Crippen LogP contribution in [-0.4, -0.2) is 8.52 Å². The van der Waals surface area contributed by atoms with Gasteiger partial charge in [-0.1, -0.05) is 30.3 Å². The Hall–Kier alpha value is -2.60. The molecule has 0 saturated carbocycles. The van der Waals surface area contributed by atoms with Crippen LogP contribution in [0.2, 0.25) is 0 Å². The molecule has 0 radical (unpaired) electrons. The second-order valence-electron chi connectivity index (χ2n) is 4.60. The molecule has 106 valence electrons. The van der Waals surface area contributed by atoms with Crippen molar-refractivity contribution in [2.75, 3.05) is 5.73 Å². The predicted octanol–water partition coefficient (Wildman–Crippen LogP) is 1.69. The highest BCUT2D eigenvalue weighted by molar-refractivity contribution is 7.03. The molecule has 1 heterocycles. The highest BCUT2D eigenvalue weighted by Crippen LogP contribution is 2.10. The molecular formula is C15H13N3O2S. The molecular weight excluding hydrogens is 286 g/mol. The van der Waals surface area contributed by atoms with Crippen LogP contribution in [0.1, 0.15) is 5.56 Å². The van der Waals surface area contributed by atoms with Gasteiger partial charge in [-0.3, -0.25) is 4.79 Å². The van der Waals surface area contributed by atoms with Crippen molar-refractivity contribution in [3.05, 3.63) is 80.3 Å². The van der Waals surface area contributed by atoms with E-state index >= 15 is 0 Å². The van der Waals surface area contributed by atoms with Gasteiger partial charge in [-0.15, -0.1) is 0 Å². The van der Waals surface area contributed by atoms with Crippen LogP contribution in [0.4, 0.5) is 5.69 Å². The van der Waals surface area contributed by atoms with Crippen molar-refractivity contribution in [3.63, 3.8) is 0 Å². The lowest BCUT2D eigenvalue weighted by molar-refractivity contribution is 0.723. The number of anilines is 1. The fourth-order valence-electron chi connectivity index (χ4n) is 2.03. The van der Waals surface area contributed by atoms with Crippen molar-refractivity contribution in [2.45, 2.75) is 6.54 Å². The summed E-state index contributed by atoms with van der Waals surface area (Å²) >= 11 is 0.890. The molecule has 0 saturated heterocycles. The van der Waals surface area contributed by atoms with Crippen LogP contribution in [0.15, 0.2) is 64.2 Å². The molecule has 2 aromatic carbocycles. The van der Waals surface area contributed by atoms with E-state index in [2.05, 4.69) is 0 Å². The molecule has 0 atom stereocenters. The van der Waals surface area contributed by atoms with Gasteiger partial charge in [0.15, 0.2) is 0 Å². The molecule has 3 aromatic rings. The Bertz CT molecular complexity index is 860. The molecule has 6 heteroatoms. The summed E-state index contributed by atoms with van der Waals surface area (Å²) in [6.45, 7) is 0.275. The number of hydrogen-bond acceptors (Lipinski definition) is 4. The van der Waals surface area contributed by atoms with E-state index in [4.69, 9.17) is 5.73 Å². The second kappa shape index (κ2) is 5.41. The third-order valence-electron chi connectivity index (χ3n) is 3.11. The Labute approximate surface area is 124 Å². The zero-order valence-corrected chi connectivity index (χ0v) is 11.9. The minimum atomic E-state index is -0.335. The summed E-state index contributed by atoms with van der Waals surface area (Å²) < 4.78 is 2.61. The summed E-state index contributed by atoms with van der Waals surface area (Å²) in [5.74, 6) is 0. The lowest BCUT2D eigenvalue weighted by atomic mass is 10.2. The molecule has 5 nitrogen and oxygen atoms in total. The third kappa shape index (κ3) is 2.66. The maximum Gasteiger partial charge on any atom is 0.346 e. The number of nitrogen functional groups attached to an aromatic ring is 1. The Balaban J connectivity index is 2.03. The topological polar surface area (TPSA) is 70.0 Å². The fraction of sp³-hybridized carbons (Fsp3) is 0.0667. The van der Waals surface area contributed by atoms with Crippen LogP contribution in [0.25, 0.3) is 5.69 Å². The van der Waals surface area contributed by atoms with Crippen molar-refractivity contribution in [1.82, 2.24) is 8.52 Å². The average molecular weight is 299 g/mol. The van der Waals surface area contributed by atoms with Gasteiger partial charge in [-0.05, 0) is 29.8 Å². The summed E-state index contributed by atoms with van der Waals surface area (Å²) in [6.07, 6.45) is 0. The van der Waals surface area contributed by atoms with Crippen LogP contribution >= 0.6 is 11.5 Å². The molecule has 0 bridgehead atoms. The first-order chi connectivity index (χ1) is 10.1. The molecule has 2 N–H and O–H groups in total. The predicted molar refractivity (Wildman–Crippen MR) is 84.1 cm³/mol. The number of nitrogens with two attached hydrogens (primary N) is 1. The Morgan fingerprint density at radius 3 is 2.29 bits per heavy atom. The SMILES string of the molecule is Nc1ccc(-n2sc(=O)n(Cc3ccccc3)c2=O)cc1. The van der Waals surface area contributed by atoms with Crippen molar-refractivity contribution >= 4 is 17.2 Å². The van der Waals surface area contributed by atoms with E-state index in [0.717, 1.165) is 17.1 Å². The fourth-order valence-corrected chi connectivity index (χ4v) is 2.83. The second-order valence-corrected chi connectivity index (χ2v) is 5.49. The molecule has 0 aliphatic heterocycles. The Kier molecular flexibility index (Phi) is 3.45. The van der Waals surface area contributed by atoms with Gasteiger partial charge in [0.25, 0.3) is 0 Å².